The molecule has 0 amide bonds. The number of piperazine rings is 1. The molecule has 0 aliphatic carbocycles. The maximum absolute atomic E-state index is 13.0. The van der Waals surface area contributed by atoms with E-state index in [1.165, 1.54) is 10.4 Å². The van der Waals surface area contributed by atoms with Gasteiger partial charge >= 0.3 is 5.97 Å². The smallest absolute Gasteiger partial charge is 0.318 e. The van der Waals surface area contributed by atoms with Gasteiger partial charge in [-0.3, -0.25) is 4.79 Å². The van der Waals surface area contributed by atoms with E-state index in [2.05, 4.69) is 24.2 Å². The summed E-state index contributed by atoms with van der Waals surface area (Å²) in [6.07, 6.45) is 2.89. The van der Waals surface area contributed by atoms with Gasteiger partial charge in [0.1, 0.15) is 5.75 Å². The van der Waals surface area contributed by atoms with Crippen molar-refractivity contribution in [3.8, 4) is 5.75 Å². The minimum Gasteiger partial charge on any atom is -0.426 e. The number of anilines is 1. The van der Waals surface area contributed by atoms with Crippen LogP contribution in [0.3, 0.4) is 0 Å². The van der Waals surface area contributed by atoms with Crippen LogP contribution in [-0.4, -0.2) is 58.5 Å². The summed E-state index contributed by atoms with van der Waals surface area (Å²) in [6.45, 7) is 9.08. The molecule has 1 aliphatic rings. The quantitative estimate of drug-likeness (QED) is 0.404. The van der Waals surface area contributed by atoms with E-state index < -0.39 is 15.9 Å². The van der Waals surface area contributed by atoms with E-state index in [0.29, 0.717) is 43.9 Å². The lowest BCUT2D eigenvalue weighted by Gasteiger charge is -2.26. The first-order chi connectivity index (χ1) is 16.3. The van der Waals surface area contributed by atoms with Gasteiger partial charge in [0.25, 0.3) is 0 Å². The second kappa shape index (κ2) is 11.8. The standard InChI is InChI=1S/C26H37N3O4S/c1-5-7-16-28(4)22-10-8-21(9-11-22)24(6-2)26(30)33-25-13-12-23(19-20(25)3)34(31,32)29-17-14-27-15-18-29/h8-13,19,24,27H,5-7,14-18H2,1-4H3/t24-/m0/s1. The molecule has 1 heterocycles. The van der Waals surface area contributed by atoms with Crippen LogP contribution in [-0.2, 0) is 14.8 Å². The summed E-state index contributed by atoms with van der Waals surface area (Å²) in [5, 5.41) is 3.16. The average molecular weight is 488 g/mol. The van der Waals surface area contributed by atoms with Gasteiger partial charge in [-0.15, -0.1) is 0 Å². The van der Waals surface area contributed by atoms with Gasteiger partial charge in [0.05, 0.1) is 10.8 Å². The summed E-state index contributed by atoms with van der Waals surface area (Å²) in [6, 6.07) is 12.8. The van der Waals surface area contributed by atoms with Crippen LogP contribution >= 0.6 is 0 Å². The van der Waals surface area contributed by atoms with Crippen molar-refractivity contribution < 1.29 is 17.9 Å². The topological polar surface area (TPSA) is 79.0 Å². The van der Waals surface area contributed by atoms with Gasteiger partial charge in [-0.2, -0.15) is 4.31 Å². The molecular weight excluding hydrogens is 450 g/mol. The fourth-order valence-electron chi connectivity index (χ4n) is 4.13. The maximum atomic E-state index is 13.0. The highest BCUT2D eigenvalue weighted by atomic mass is 32.2. The molecule has 1 saturated heterocycles. The van der Waals surface area contributed by atoms with Gasteiger partial charge in [0.15, 0.2) is 0 Å². The molecule has 2 aromatic carbocycles. The number of esters is 1. The van der Waals surface area contributed by atoms with E-state index in [1.54, 1.807) is 19.1 Å². The van der Waals surface area contributed by atoms with Crippen LogP contribution in [0.25, 0.3) is 0 Å². The van der Waals surface area contributed by atoms with Gasteiger partial charge < -0.3 is 15.0 Å². The number of hydrogen-bond acceptors (Lipinski definition) is 6. The largest absolute Gasteiger partial charge is 0.426 e. The zero-order valence-electron chi connectivity index (χ0n) is 20.7. The van der Waals surface area contributed by atoms with Crippen molar-refractivity contribution in [2.75, 3.05) is 44.7 Å². The fraction of sp³-hybridized carbons (Fsp3) is 0.500. The average Bonchev–Trinajstić information content (AvgIpc) is 2.85. The second-order valence-electron chi connectivity index (χ2n) is 8.83. The molecule has 0 unspecified atom stereocenters. The SMILES string of the molecule is CCCCN(C)c1ccc([C@H](CC)C(=O)Oc2ccc(S(=O)(=O)N3CCNCC3)cc2C)cc1. The molecule has 1 fully saturated rings. The summed E-state index contributed by atoms with van der Waals surface area (Å²) in [5.74, 6) is -0.340. The van der Waals surface area contributed by atoms with Crippen LogP contribution in [0.1, 0.15) is 50.2 Å². The number of benzene rings is 2. The van der Waals surface area contributed by atoms with Crippen molar-refractivity contribution in [3.05, 3.63) is 53.6 Å². The first-order valence-corrected chi connectivity index (χ1v) is 13.6. The van der Waals surface area contributed by atoms with Crippen LogP contribution in [0.15, 0.2) is 47.4 Å². The molecule has 1 N–H and O–H groups in total. The van der Waals surface area contributed by atoms with Crippen molar-refractivity contribution in [2.45, 2.75) is 50.8 Å². The Hall–Kier alpha value is -2.42. The molecule has 2 aromatic rings. The van der Waals surface area contributed by atoms with E-state index in [1.807, 2.05) is 31.2 Å². The number of nitrogens with zero attached hydrogens (tertiary/aromatic N) is 2. The number of ether oxygens (including phenoxy) is 1. The lowest BCUT2D eigenvalue weighted by Crippen LogP contribution is -2.46. The highest BCUT2D eigenvalue weighted by molar-refractivity contribution is 7.89. The van der Waals surface area contributed by atoms with Crippen molar-refractivity contribution in [3.63, 3.8) is 0 Å². The number of carbonyl (C=O) groups is 1. The number of rotatable bonds is 10. The third kappa shape index (κ3) is 6.17. The lowest BCUT2D eigenvalue weighted by atomic mass is 9.96. The molecule has 34 heavy (non-hydrogen) atoms. The first-order valence-electron chi connectivity index (χ1n) is 12.1. The van der Waals surface area contributed by atoms with Crippen LogP contribution in [0.5, 0.6) is 5.75 Å². The third-order valence-electron chi connectivity index (χ3n) is 6.35. The molecule has 8 heteroatoms. The second-order valence-corrected chi connectivity index (χ2v) is 10.8. The number of aryl methyl sites for hydroxylation is 1. The summed E-state index contributed by atoms with van der Waals surface area (Å²) in [4.78, 5) is 15.5. The van der Waals surface area contributed by atoms with Crippen molar-refractivity contribution in [1.82, 2.24) is 9.62 Å². The van der Waals surface area contributed by atoms with Gasteiger partial charge in [0, 0.05) is 45.5 Å². The Kier molecular flexibility index (Phi) is 9.10. The maximum Gasteiger partial charge on any atom is 0.318 e. The Balaban J connectivity index is 1.71. The fourth-order valence-corrected chi connectivity index (χ4v) is 5.66. The molecule has 3 rings (SSSR count). The summed E-state index contributed by atoms with van der Waals surface area (Å²) >= 11 is 0. The number of unbranched alkanes of at least 4 members (excludes halogenated alkanes) is 1. The predicted octanol–water partition coefficient (Wildman–Crippen LogP) is 3.92. The minimum absolute atomic E-state index is 0.224. The first kappa shape index (κ1) is 26.2. The van der Waals surface area contributed by atoms with E-state index in [9.17, 15) is 13.2 Å². The number of sulfonamides is 1. The molecule has 1 aliphatic heterocycles. The van der Waals surface area contributed by atoms with Crippen molar-refractivity contribution >= 4 is 21.7 Å². The van der Waals surface area contributed by atoms with Crippen LogP contribution < -0.4 is 15.0 Å². The Bertz CT molecular complexity index is 1060. The molecule has 0 aromatic heterocycles. The number of hydrogen-bond donors (Lipinski definition) is 1. The highest BCUT2D eigenvalue weighted by Gasteiger charge is 2.27. The van der Waals surface area contributed by atoms with E-state index in [-0.39, 0.29) is 10.9 Å². The molecule has 0 bridgehead atoms. The van der Waals surface area contributed by atoms with Crippen molar-refractivity contribution in [2.24, 2.45) is 0 Å². The van der Waals surface area contributed by atoms with Crippen molar-refractivity contribution in [1.29, 1.82) is 0 Å². The monoisotopic (exact) mass is 487 g/mol. The predicted molar refractivity (Wildman–Crippen MR) is 136 cm³/mol. The molecule has 1 atom stereocenters. The van der Waals surface area contributed by atoms with Gasteiger partial charge in [-0.05, 0) is 61.2 Å². The van der Waals surface area contributed by atoms with Crippen LogP contribution in [0, 0.1) is 6.92 Å². The zero-order chi connectivity index (χ0) is 24.7. The highest BCUT2D eigenvalue weighted by Crippen LogP contribution is 2.28. The molecule has 0 saturated carbocycles. The molecule has 0 radical (unpaired) electrons. The van der Waals surface area contributed by atoms with E-state index in [4.69, 9.17) is 4.74 Å². The third-order valence-corrected chi connectivity index (χ3v) is 8.24. The summed E-state index contributed by atoms with van der Waals surface area (Å²) < 4.78 is 33.1. The molecule has 7 nitrogen and oxygen atoms in total. The Labute approximate surface area is 204 Å². The van der Waals surface area contributed by atoms with E-state index in [0.717, 1.165) is 30.6 Å². The summed E-state index contributed by atoms with van der Waals surface area (Å²) in [5.41, 5.74) is 2.65. The Morgan fingerprint density at radius 1 is 1.12 bits per heavy atom. The molecule has 186 valence electrons. The van der Waals surface area contributed by atoms with Crippen LogP contribution in [0.2, 0.25) is 0 Å². The van der Waals surface area contributed by atoms with Gasteiger partial charge in [-0.1, -0.05) is 32.4 Å². The van der Waals surface area contributed by atoms with Crippen LogP contribution in [0.4, 0.5) is 5.69 Å². The zero-order valence-corrected chi connectivity index (χ0v) is 21.5. The lowest BCUT2D eigenvalue weighted by molar-refractivity contribution is -0.136. The normalized spacial score (nSPS) is 15.6. The molecular formula is C26H37N3O4S. The summed E-state index contributed by atoms with van der Waals surface area (Å²) in [7, 11) is -1.49. The molecule has 0 spiro atoms. The minimum atomic E-state index is -3.56. The van der Waals surface area contributed by atoms with Gasteiger partial charge in [0.2, 0.25) is 10.0 Å². The Morgan fingerprint density at radius 2 is 1.79 bits per heavy atom. The van der Waals surface area contributed by atoms with Gasteiger partial charge in [-0.25, -0.2) is 8.42 Å². The number of nitrogens with one attached hydrogen (secondary N) is 1. The Morgan fingerprint density at radius 3 is 2.38 bits per heavy atom. The number of carbonyl (C=O) groups excluding carboxylic acids is 1. The van der Waals surface area contributed by atoms with E-state index >= 15 is 0 Å².